The van der Waals surface area contributed by atoms with E-state index in [1.807, 2.05) is 18.2 Å². The van der Waals surface area contributed by atoms with E-state index in [0.29, 0.717) is 23.2 Å². The van der Waals surface area contributed by atoms with Gasteiger partial charge >= 0.3 is 5.97 Å². The molecule has 3 heterocycles. The smallest absolute Gasteiger partial charge is 0.340 e. The van der Waals surface area contributed by atoms with Crippen molar-refractivity contribution >= 4 is 17.7 Å². The second-order valence-electron chi connectivity index (χ2n) is 7.26. The lowest BCUT2D eigenvalue weighted by atomic mass is 10.0. The first-order valence-corrected chi connectivity index (χ1v) is 9.69. The number of carbonyl (C=O) groups excluding carboxylic acids is 2. The van der Waals surface area contributed by atoms with Crippen molar-refractivity contribution in [2.45, 2.75) is 25.8 Å². The number of hydrogen-bond donors (Lipinski definition) is 1. The molecule has 4 aromatic rings. The zero-order chi connectivity index (χ0) is 21.5. The SMILES string of the molecule is COC(=O)c1cnc2ncc(C(=O)N[C@@H]3CCc4cc(-c5noc(C)n5)ccc43)n2c1. The van der Waals surface area contributed by atoms with E-state index in [4.69, 9.17) is 9.26 Å². The molecule has 1 amide bonds. The summed E-state index contributed by atoms with van der Waals surface area (Å²) in [6, 6.07) is 5.81. The third kappa shape index (κ3) is 3.31. The Bertz CT molecular complexity index is 1320. The van der Waals surface area contributed by atoms with Crippen LogP contribution in [0.2, 0.25) is 0 Å². The van der Waals surface area contributed by atoms with Crippen LogP contribution in [0.5, 0.6) is 0 Å². The number of ether oxygens (including phenoxy) is 1. The number of rotatable bonds is 4. The van der Waals surface area contributed by atoms with Gasteiger partial charge in [0, 0.05) is 24.9 Å². The van der Waals surface area contributed by atoms with Gasteiger partial charge in [0.25, 0.3) is 5.91 Å². The Morgan fingerprint density at radius 3 is 2.87 bits per heavy atom. The van der Waals surface area contributed by atoms with E-state index in [0.717, 1.165) is 29.5 Å². The topological polar surface area (TPSA) is 125 Å². The first-order valence-electron chi connectivity index (χ1n) is 9.69. The van der Waals surface area contributed by atoms with Crippen molar-refractivity contribution in [3.8, 4) is 11.4 Å². The number of nitrogens with zero attached hydrogens (tertiary/aromatic N) is 5. The van der Waals surface area contributed by atoms with Crippen molar-refractivity contribution < 1.29 is 18.8 Å². The van der Waals surface area contributed by atoms with Crippen molar-refractivity contribution in [3.63, 3.8) is 0 Å². The third-order valence-electron chi connectivity index (χ3n) is 5.33. The van der Waals surface area contributed by atoms with Crippen LogP contribution >= 0.6 is 0 Å². The molecule has 1 aliphatic carbocycles. The van der Waals surface area contributed by atoms with Gasteiger partial charge in [0.2, 0.25) is 17.5 Å². The second kappa shape index (κ2) is 7.31. The summed E-state index contributed by atoms with van der Waals surface area (Å²) in [7, 11) is 1.29. The van der Waals surface area contributed by atoms with Gasteiger partial charge in [-0.15, -0.1) is 0 Å². The first kappa shape index (κ1) is 18.9. The second-order valence-corrected chi connectivity index (χ2v) is 7.26. The summed E-state index contributed by atoms with van der Waals surface area (Å²) in [4.78, 5) is 37.3. The minimum Gasteiger partial charge on any atom is -0.465 e. The first-order chi connectivity index (χ1) is 15.0. The Balaban J connectivity index is 1.39. The number of esters is 1. The molecule has 0 bridgehead atoms. The minimum atomic E-state index is -0.535. The summed E-state index contributed by atoms with van der Waals surface area (Å²) in [5.41, 5.74) is 3.60. The van der Waals surface area contributed by atoms with Crippen LogP contribution in [0.15, 0.2) is 41.3 Å². The van der Waals surface area contributed by atoms with Crippen LogP contribution in [0.1, 0.15) is 50.3 Å². The van der Waals surface area contributed by atoms with Crippen LogP contribution in [0.4, 0.5) is 0 Å². The maximum atomic E-state index is 13.0. The predicted octanol–water partition coefficient (Wildman–Crippen LogP) is 2.29. The summed E-state index contributed by atoms with van der Waals surface area (Å²) >= 11 is 0. The number of aryl methyl sites for hydroxylation is 2. The Labute approximate surface area is 176 Å². The van der Waals surface area contributed by atoms with Crippen molar-refractivity contribution in [2.24, 2.45) is 0 Å². The average Bonchev–Trinajstić information content (AvgIpc) is 3.50. The molecule has 3 aromatic heterocycles. The lowest BCUT2D eigenvalue weighted by molar-refractivity contribution is 0.0599. The minimum absolute atomic E-state index is 0.133. The molecule has 10 nitrogen and oxygen atoms in total. The molecule has 156 valence electrons. The summed E-state index contributed by atoms with van der Waals surface area (Å²) in [6.45, 7) is 1.75. The fourth-order valence-electron chi connectivity index (χ4n) is 3.82. The van der Waals surface area contributed by atoms with Crippen LogP contribution in [0, 0.1) is 6.92 Å². The highest BCUT2D eigenvalue weighted by molar-refractivity contribution is 5.94. The number of benzene rings is 1. The number of methoxy groups -OCH3 is 1. The fraction of sp³-hybridized carbons (Fsp3) is 0.238. The maximum Gasteiger partial charge on any atom is 0.340 e. The standard InChI is InChI=1S/C21H18N6O4/c1-11-24-18(26-31-11)13-3-5-15-12(7-13)4-6-16(15)25-19(28)17-9-23-21-22-8-14(10-27(17)21)20(29)30-2/h3,5,7-10,16H,4,6H2,1-2H3,(H,25,28)/t16-/m1/s1. The van der Waals surface area contributed by atoms with Crippen molar-refractivity contribution in [1.82, 2.24) is 29.8 Å². The normalized spacial score (nSPS) is 15.1. The molecule has 0 spiro atoms. The van der Waals surface area contributed by atoms with Gasteiger partial charge in [0.1, 0.15) is 5.69 Å². The van der Waals surface area contributed by atoms with Gasteiger partial charge in [-0.05, 0) is 30.0 Å². The zero-order valence-corrected chi connectivity index (χ0v) is 16.8. The fourth-order valence-corrected chi connectivity index (χ4v) is 3.82. The summed E-state index contributed by atoms with van der Waals surface area (Å²) in [5, 5.41) is 7.02. The van der Waals surface area contributed by atoms with Crippen LogP contribution in [0.25, 0.3) is 17.2 Å². The molecule has 1 N–H and O–H groups in total. The highest BCUT2D eigenvalue weighted by Gasteiger charge is 2.26. The monoisotopic (exact) mass is 418 g/mol. The Kier molecular flexibility index (Phi) is 4.46. The summed E-state index contributed by atoms with van der Waals surface area (Å²) in [5.74, 6) is 0.550. The number of imidazole rings is 1. The number of amides is 1. The van der Waals surface area contributed by atoms with Crippen molar-refractivity contribution in [2.75, 3.05) is 7.11 Å². The Morgan fingerprint density at radius 1 is 1.26 bits per heavy atom. The van der Waals surface area contributed by atoms with Crippen LogP contribution in [-0.2, 0) is 11.2 Å². The molecular formula is C21H18N6O4. The Hall–Kier alpha value is -4.08. The average molecular weight is 418 g/mol. The van der Waals surface area contributed by atoms with Crippen LogP contribution in [-0.4, -0.2) is 43.5 Å². The number of hydrogen-bond acceptors (Lipinski definition) is 8. The quantitative estimate of drug-likeness (QED) is 0.501. The van der Waals surface area contributed by atoms with E-state index >= 15 is 0 Å². The third-order valence-corrected chi connectivity index (χ3v) is 5.33. The molecule has 0 radical (unpaired) electrons. The zero-order valence-electron chi connectivity index (χ0n) is 16.8. The van der Waals surface area contributed by atoms with E-state index in [1.165, 1.54) is 30.1 Å². The summed E-state index contributed by atoms with van der Waals surface area (Å²) < 4.78 is 11.3. The molecule has 1 aromatic carbocycles. The molecule has 1 atom stereocenters. The molecule has 0 unspecified atom stereocenters. The van der Waals surface area contributed by atoms with Crippen LogP contribution in [0.3, 0.4) is 0 Å². The predicted molar refractivity (Wildman–Crippen MR) is 107 cm³/mol. The Morgan fingerprint density at radius 2 is 2.10 bits per heavy atom. The lowest BCUT2D eigenvalue weighted by Crippen LogP contribution is -2.28. The number of carbonyl (C=O) groups is 2. The molecule has 0 aliphatic heterocycles. The van der Waals surface area contributed by atoms with Gasteiger partial charge < -0.3 is 14.6 Å². The van der Waals surface area contributed by atoms with E-state index in [2.05, 4.69) is 25.4 Å². The largest absolute Gasteiger partial charge is 0.465 e. The molecule has 31 heavy (non-hydrogen) atoms. The molecule has 0 saturated carbocycles. The van der Waals surface area contributed by atoms with Crippen molar-refractivity contribution in [3.05, 3.63) is 65.1 Å². The molecule has 0 fully saturated rings. The number of aromatic nitrogens is 5. The molecule has 5 rings (SSSR count). The van der Waals surface area contributed by atoms with Gasteiger partial charge in [0.15, 0.2) is 0 Å². The molecular weight excluding hydrogens is 400 g/mol. The number of nitrogens with one attached hydrogen (secondary N) is 1. The van der Waals surface area contributed by atoms with Crippen molar-refractivity contribution in [1.29, 1.82) is 0 Å². The molecule has 0 saturated heterocycles. The van der Waals surface area contributed by atoms with E-state index in [9.17, 15) is 9.59 Å². The summed E-state index contributed by atoms with van der Waals surface area (Å²) in [6.07, 6.45) is 5.91. The van der Waals surface area contributed by atoms with Crippen LogP contribution < -0.4 is 5.32 Å². The highest BCUT2D eigenvalue weighted by atomic mass is 16.5. The maximum absolute atomic E-state index is 13.0. The van der Waals surface area contributed by atoms with E-state index in [-0.39, 0.29) is 17.5 Å². The van der Waals surface area contributed by atoms with Gasteiger partial charge in [-0.25, -0.2) is 14.8 Å². The van der Waals surface area contributed by atoms with E-state index in [1.54, 1.807) is 6.92 Å². The lowest BCUT2D eigenvalue weighted by Gasteiger charge is -2.14. The molecule has 1 aliphatic rings. The van der Waals surface area contributed by atoms with Gasteiger partial charge in [-0.2, -0.15) is 4.98 Å². The van der Waals surface area contributed by atoms with Gasteiger partial charge in [-0.3, -0.25) is 9.20 Å². The highest BCUT2D eigenvalue weighted by Crippen LogP contribution is 2.34. The molecule has 10 heteroatoms. The van der Waals surface area contributed by atoms with Gasteiger partial charge in [-0.1, -0.05) is 17.3 Å². The number of fused-ring (bicyclic) bond motifs is 2. The van der Waals surface area contributed by atoms with E-state index < -0.39 is 5.97 Å². The van der Waals surface area contributed by atoms with Gasteiger partial charge in [0.05, 0.1) is 24.9 Å².